The topological polar surface area (TPSA) is 29.9 Å². The average Bonchev–Trinajstić information content (AvgIpc) is 2.85. The second-order valence-corrected chi connectivity index (χ2v) is 6.41. The van der Waals surface area contributed by atoms with Crippen LogP contribution in [0.25, 0.3) is 0 Å². The van der Waals surface area contributed by atoms with Gasteiger partial charge < -0.3 is 5.32 Å². The van der Waals surface area contributed by atoms with Gasteiger partial charge >= 0.3 is 0 Å². The van der Waals surface area contributed by atoms with Gasteiger partial charge in [-0.05, 0) is 50.1 Å². The largest absolute Gasteiger partial charge is 0.316 e. The van der Waals surface area contributed by atoms with Crippen molar-refractivity contribution >= 4 is 0 Å². The average molecular weight is 293 g/mol. The number of unbranched alkanes of at least 4 members (excludes halogenated alkanes) is 1. The Kier molecular flexibility index (Phi) is 8.02. The van der Waals surface area contributed by atoms with Gasteiger partial charge in [-0.2, -0.15) is 5.10 Å². The molecule has 0 saturated heterocycles. The van der Waals surface area contributed by atoms with Crippen molar-refractivity contribution in [3.05, 3.63) is 17.5 Å². The Morgan fingerprint density at radius 3 is 2.48 bits per heavy atom. The Bertz CT molecular complexity index is 397. The third-order valence-corrected chi connectivity index (χ3v) is 4.68. The normalized spacial score (nSPS) is 14.3. The lowest BCUT2D eigenvalue weighted by Gasteiger charge is -2.33. The fourth-order valence-corrected chi connectivity index (χ4v) is 3.04. The molecular weight excluding hydrogens is 258 g/mol. The van der Waals surface area contributed by atoms with Crippen molar-refractivity contribution in [2.24, 2.45) is 12.5 Å². The van der Waals surface area contributed by atoms with Crippen molar-refractivity contribution in [1.82, 2.24) is 15.1 Å². The Hall–Kier alpha value is -0.830. The number of hydrogen-bond donors (Lipinski definition) is 1. The van der Waals surface area contributed by atoms with Crippen molar-refractivity contribution in [1.29, 1.82) is 0 Å². The first-order valence-electron chi connectivity index (χ1n) is 8.83. The molecule has 0 saturated carbocycles. The smallest absolute Gasteiger partial charge is 0.0624 e. The van der Waals surface area contributed by atoms with E-state index in [9.17, 15) is 0 Å². The first-order valence-corrected chi connectivity index (χ1v) is 8.83. The zero-order chi connectivity index (χ0) is 15.7. The highest BCUT2D eigenvalue weighted by atomic mass is 15.3. The first-order chi connectivity index (χ1) is 10.1. The second-order valence-electron chi connectivity index (χ2n) is 6.41. The maximum atomic E-state index is 4.62. The lowest BCUT2D eigenvalue weighted by molar-refractivity contribution is 0.225. The molecule has 21 heavy (non-hydrogen) atoms. The van der Waals surface area contributed by atoms with E-state index >= 15 is 0 Å². The minimum Gasteiger partial charge on any atom is -0.316 e. The van der Waals surface area contributed by atoms with Crippen LogP contribution >= 0.6 is 0 Å². The van der Waals surface area contributed by atoms with Crippen LogP contribution in [0.4, 0.5) is 0 Å². The number of rotatable bonds is 11. The van der Waals surface area contributed by atoms with Gasteiger partial charge in [0.2, 0.25) is 0 Å². The zero-order valence-corrected chi connectivity index (χ0v) is 14.8. The van der Waals surface area contributed by atoms with Gasteiger partial charge in [-0.25, -0.2) is 0 Å². The molecule has 1 heterocycles. The van der Waals surface area contributed by atoms with Gasteiger partial charge in [0.25, 0.3) is 0 Å². The van der Waals surface area contributed by atoms with Gasteiger partial charge in [-0.3, -0.25) is 4.68 Å². The van der Waals surface area contributed by atoms with Crippen molar-refractivity contribution in [3.63, 3.8) is 0 Å². The van der Waals surface area contributed by atoms with Crippen LogP contribution < -0.4 is 5.32 Å². The molecule has 3 heteroatoms. The van der Waals surface area contributed by atoms with Crippen LogP contribution in [0.15, 0.2) is 6.07 Å². The van der Waals surface area contributed by atoms with Crippen LogP contribution in [0, 0.1) is 5.41 Å². The first kappa shape index (κ1) is 18.2. The van der Waals surface area contributed by atoms with E-state index in [0.717, 1.165) is 25.9 Å². The van der Waals surface area contributed by atoms with E-state index in [1.807, 2.05) is 0 Å². The molecule has 0 aliphatic heterocycles. The number of aryl methyl sites for hydroxylation is 2. The molecule has 0 fully saturated rings. The van der Waals surface area contributed by atoms with Crippen LogP contribution in [-0.2, 0) is 19.9 Å². The number of nitrogens with one attached hydrogen (secondary N) is 1. The molecule has 1 atom stereocenters. The van der Waals surface area contributed by atoms with Crippen LogP contribution in [-0.4, -0.2) is 22.9 Å². The van der Waals surface area contributed by atoms with E-state index in [1.54, 1.807) is 0 Å². The monoisotopic (exact) mass is 293 g/mol. The molecule has 0 aromatic carbocycles. The molecule has 0 aliphatic carbocycles. The number of aromatic nitrogens is 2. The fourth-order valence-electron chi connectivity index (χ4n) is 3.04. The summed E-state index contributed by atoms with van der Waals surface area (Å²) >= 11 is 0. The van der Waals surface area contributed by atoms with Gasteiger partial charge in [0.1, 0.15) is 0 Å². The van der Waals surface area contributed by atoms with E-state index in [2.05, 4.69) is 55.9 Å². The lowest BCUT2D eigenvalue weighted by atomic mass is 9.76. The number of hydrogen-bond acceptors (Lipinski definition) is 2. The summed E-state index contributed by atoms with van der Waals surface area (Å²) in [6.07, 6.45) is 8.51. The molecule has 0 bridgehead atoms. The van der Waals surface area contributed by atoms with Crippen LogP contribution in [0.2, 0.25) is 0 Å². The van der Waals surface area contributed by atoms with E-state index in [-0.39, 0.29) is 0 Å². The summed E-state index contributed by atoms with van der Waals surface area (Å²) in [5.74, 6) is 0. The summed E-state index contributed by atoms with van der Waals surface area (Å²) < 4.78 is 2.09. The molecular formula is C18H35N3. The predicted molar refractivity (Wildman–Crippen MR) is 91.7 cm³/mol. The highest BCUT2D eigenvalue weighted by molar-refractivity contribution is 5.12. The fraction of sp³-hybridized carbons (Fsp3) is 0.833. The third-order valence-electron chi connectivity index (χ3n) is 4.68. The third kappa shape index (κ3) is 5.46. The molecule has 1 rings (SSSR count). The molecule has 0 aliphatic rings. The molecule has 1 aromatic heterocycles. The molecule has 122 valence electrons. The highest BCUT2D eigenvalue weighted by Crippen LogP contribution is 2.32. The maximum absolute atomic E-state index is 4.62. The van der Waals surface area contributed by atoms with E-state index in [1.165, 1.54) is 43.5 Å². The van der Waals surface area contributed by atoms with E-state index < -0.39 is 0 Å². The molecule has 1 unspecified atom stereocenters. The lowest BCUT2D eigenvalue weighted by Crippen LogP contribution is -2.36. The highest BCUT2D eigenvalue weighted by Gasteiger charge is 2.29. The SMILES string of the molecule is CCCCC(CC)(CNCCC)Cc1cc(CC)nn1C. The standard InChI is InChI=1S/C18H35N3/c1-6-10-11-18(9-4,15-19-12-7-2)14-17-13-16(8-3)20-21(17)5/h13,19H,6-12,14-15H2,1-5H3. The molecule has 0 amide bonds. The Morgan fingerprint density at radius 2 is 1.95 bits per heavy atom. The molecule has 0 radical (unpaired) electrons. The molecule has 0 spiro atoms. The van der Waals surface area contributed by atoms with Gasteiger partial charge in [0.15, 0.2) is 0 Å². The van der Waals surface area contributed by atoms with Gasteiger partial charge in [-0.1, -0.05) is 40.5 Å². The predicted octanol–water partition coefficient (Wildman–Crippen LogP) is 4.11. The Labute approximate surface area is 131 Å². The van der Waals surface area contributed by atoms with E-state index in [0.29, 0.717) is 5.41 Å². The van der Waals surface area contributed by atoms with Crippen molar-refractivity contribution in [3.8, 4) is 0 Å². The molecule has 3 nitrogen and oxygen atoms in total. The van der Waals surface area contributed by atoms with Crippen LogP contribution in [0.5, 0.6) is 0 Å². The summed E-state index contributed by atoms with van der Waals surface area (Å²) in [5.41, 5.74) is 2.99. The molecule has 1 aromatic rings. The van der Waals surface area contributed by atoms with E-state index in [4.69, 9.17) is 0 Å². The van der Waals surface area contributed by atoms with Crippen molar-refractivity contribution in [2.75, 3.05) is 13.1 Å². The number of nitrogens with zero attached hydrogens (tertiary/aromatic N) is 2. The second kappa shape index (κ2) is 9.24. The summed E-state index contributed by atoms with van der Waals surface area (Å²) in [5, 5.41) is 8.29. The molecule has 1 N–H and O–H groups in total. The zero-order valence-electron chi connectivity index (χ0n) is 14.8. The maximum Gasteiger partial charge on any atom is 0.0624 e. The quantitative estimate of drug-likeness (QED) is 0.622. The minimum atomic E-state index is 0.379. The van der Waals surface area contributed by atoms with Crippen molar-refractivity contribution in [2.45, 2.75) is 72.6 Å². The summed E-state index contributed by atoms with van der Waals surface area (Å²) in [6.45, 7) is 11.3. The van der Waals surface area contributed by atoms with Crippen molar-refractivity contribution < 1.29 is 0 Å². The van der Waals surface area contributed by atoms with Gasteiger partial charge in [0.05, 0.1) is 5.69 Å². The minimum absolute atomic E-state index is 0.379. The summed E-state index contributed by atoms with van der Waals surface area (Å²) in [7, 11) is 2.09. The van der Waals surface area contributed by atoms with Crippen LogP contribution in [0.3, 0.4) is 0 Å². The van der Waals surface area contributed by atoms with Crippen LogP contribution in [0.1, 0.15) is 71.2 Å². The summed E-state index contributed by atoms with van der Waals surface area (Å²) in [4.78, 5) is 0. The van der Waals surface area contributed by atoms with Gasteiger partial charge in [0, 0.05) is 19.3 Å². The Balaban J connectivity index is 2.84. The van der Waals surface area contributed by atoms with Gasteiger partial charge in [-0.15, -0.1) is 0 Å². The Morgan fingerprint density at radius 1 is 1.19 bits per heavy atom. The summed E-state index contributed by atoms with van der Waals surface area (Å²) in [6, 6.07) is 2.30.